The molecule has 0 bridgehead atoms. The molecule has 1 aliphatic heterocycles. The van der Waals surface area contributed by atoms with E-state index in [0.29, 0.717) is 56.2 Å². The van der Waals surface area contributed by atoms with E-state index in [-0.39, 0.29) is 24.0 Å². The summed E-state index contributed by atoms with van der Waals surface area (Å²) in [6.07, 6.45) is 0.0768. The Bertz CT molecular complexity index is 1510. The molecule has 196 valence electrons. The molecule has 0 spiro atoms. The molecule has 0 aliphatic carbocycles. The second kappa shape index (κ2) is 10.7. The predicted molar refractivity (Wildman–Crippen MR) is 153 cm³/mol. The third kappa shape index (κ3) is 5.54. The fourth-order valence-electron chi connectivity index (χ4n) is 4.89. The van der Waals surface area contributed by atoms with E-state index in [0.717, 1.165) is 5.69 Å². The molecule has 0 unspecified atom stereocenters. The number of hydrogen-bond acceptors (Lipinski definition) is 6. The number of carbonyl (C=O) groups is 1. The molecule has 0 atom stereocenters. The molecule has 3 aromatic carbocycles. The van der Waals surface area contributed by atoms with Gasteiger partial charge in [0.25, 0.3) is 0 Å². The first kappa shape index (κ1) is 27.2. The zero-order valence-corrected chi connectivity index (χ0v) is 22.4. The van der Waals surface area contributed by atoms with E-state index in [2.05, 4.69) is 5.32 Å². The lowest BCUT2D eigenvalue weighted by Crippen LogP contribution is -2.65. The Morgan fingerprint density at radius 1 is 1.13 bits per heavy atom. The van der Waals surface area contributed by atoms with Gasteiger partial charge in [0.15, 0.2) is 5.75 Å². The number of nitrogens with zero attached hydrogens (tertiary/aromatic N) is 1. The number of likely N-dealkylation sites (tertiary alicyclic amines) is 1. The molecule has 1 fully saturated rings. The molecular formula is C29H26B2F2N2O3S. The summed E-state index contributed by atoms with van der Waals surface area (Å²) in [5.41, 5.74) is 2.38. The molecule has 1 saturated heterocycles. The van der Waals surface area contributed by atoms with Crippen LogP contribution in [0.2, 0.25) is 0 Å². The number of thiophene rings is 1. The average molecular weight is 542 g/mol. The highest BCUT2D eigenvalue weighted by Crippen LogP contribution is 2.43. The van der Waals surface area contributed by atoms with Crippen molar-refractivity contribution in [3.05, 3.63) is 82.0 Å². The first-order chi connectivity index (χ1) is 18.6. The van der Waals surface area contributed by atoms with Gasteiger partial charge in [-0.05, 0) is 86.0 Å². The van der Waals surface area contributed by atoms with Crippen molar-refractivity contribution in [3.8, 4) is 17.2 Å². The number of ketones is 1. The van der Waals surface area contributed by atoms with E-state index in [1.165, 1.54) is 23.5 Å². The van der Waals surface area contributed by atoms with Crippen molar-refractivity contribution in [1.29, 1.82) is 0 Å². The third-order valence-electron chi connectivity index (χ3n) is 6.97. The number of fused-ring (bicyclic) bond motifs is 1. The Balaban J connectivity index is 1.37. The van der Waals surface area contributed by atoms with Crippen LogP contribution in [0.25, 0.3) is 10.1 Å². The summed E-state index contributed by atoms with van der Waals surface area (Å²) in [7, 11) is 12.0. The molecule has 2 N–H and O–H groups in total. The van der Waals surface area contributed by atoms with E-state index in [1.54, 1.807) is 44.2 Å². The number of alkyl halides is 1. The van der Waals surface area contributed by atoms with Crippen molar-refractivity contribution in [2.24, 2.45) is 0 Å². The summed E-state index contributed by atoms with van der Waals surface area (Å²) >= 11 is 1.22. The highest BCUT2D eigenvalue weighted by Gasteiger charge is 2.36. The van der Waals surface area contributed by atoms with Crippen molar-refractivity contribution in [1.82, 2.24) is 4.90 Å². The summed E-state index contributed by atoms with van der Waals surface area (Å²) in [6, 6.07) is 15.0. The topological polar surface area (TPSA) is 61.8 Å². The third-order valence-corrected chi connectivity index (χ3v) is 8.10. The summed E-state index contributed by atoms with van der Waals surface area (Å²) in [5, 5.41) is 13.0. The second-order valence-electron chi connectivity index (χ2n) is 9.99. The Morgan fingerprint density at radius 3 is 2.44 bits per heavy atom. The van der Waals surface area contributed by atoms with Gasteiger partial charge in [-0.2, -0.15) is 0 Å². The van der Waals surface area contributed by atoms with Crippen LogP contribution < -0.4 is 10.1 Å². The number of phenols is 1. The Hall–Kier alpha value is -3.36. The fraction of sp³-hybridized carbons (Fsp3) is 0.276. The Morgan fingerprint density at radius 2 is 1.79 bits per heavy atom. The van der Waals surface area contributed by atoms with Gasteiger partial charge in [-0.15, -0.1) is 11.3 Å². The van der Waals surface area contributed by atoms with Crippen LogP contribution in [0.1, 0.15) is 32.8 Å². The largest absolute Gasteiger partial charge is 0.508 e. The number of benzene rings is 3. The molecule has 5 rings (SSSR count). The molecule has 4 radical (unpaired) electrons. The quantitative estimate of drug-likeness (QED) is 0.206. The van der Waals surface area contributed by atoms with Crippen LogP contribution in [0.3, 0.4) is 0 Å². The zero-order valence-electron chi connectivity index (χ0n) is 21.6. The van der Waals surface area contributed by atoms with E-state index in [1.807, 2.05) is 17.0 Å². The molecule has 10 heteroatoms. The van der Waals surface area contributed by atoms with Crippen molar-refractivity contribution in [3.63, 3.8) is 0 Å². The monoisotopic (exact) mass is 542 g/mol. The van der Waals surface area contributed by atoms with E-state index < -0.39 is 17.8 Å². The maximum absolute atomic E-state index is 13.9. The van der Waals surface area contributed by atoms with Gasteiger partial charge in [0, 0.05) is 34.4 Å². The summed E-state index contributed by atoms with van der Waals surface area (Å²) in [6.45, 7) is 4.05. The molecule has 39 heavy (non-hydrogen) atoms. The van der Waals surface area contributed by atoms with Crippen LogP contribution >= 0.6 is 11.3 Å². The molecule has 0 amide bonds. The minimum Gasteiger partial charge on any atom is -0.508 e. The van der Waals surface area contributed by atoms with Gasteiger partial charge in [-0.3, -0.25) is 9.18 Å². The molecule has 1 aliphatic rings. The van der Waals surface area contributed by atoms with Gasteiger partial charge in [0.2, 0.25) is 5.78 Å². The highest BCUT2D eigenvalue weighted by atomic mass is 32.1. The number of carbonyl (C=O) groups excluding carboxylic acids is 1. The molecule has 5 nitrogen and oxygen atoms in total. The number of halogens is 2. The van der Waals surface area contributed by atoms with Gasteiger partial charge in [0.1, 0.15) is 22.2 Å². The number of aromatic hydroxyl groups is 1. The molecule has 4 aromatic rings. The summed E-state index contributed by atoms with van der Waals surface area (Å²) in [4.78, 5) is 15.9. The van der Waals surface area contributed by atoms with Gasteiger partial charge in [-0.1, -0.05) is 5.34 Å². The molecule has 0 saturated carbocycles. The fourth-order valence-corrected chi connectivity index (χ4v) is 6.00. The van der Waals surface area contributed by atoms with Crippen LogP contribution in [0.5, 0.6) is 17.2 Å². The number of rotatable bonds is 9. The minimum absolute atomic E-state index is 0.0768. The highest BCUT2D eigenvalue weighted by molar-refractivity contribution is 7.21. The van der Waals surface area contributed by atoms with Gasteiger partial charge < -0.3 is 20.1 Å². The first-order valence-electron chi connectivity index (χ1n) is 12.6. The molecular weight excluding hydrogens is 516 g/mol. The predicted octanol–water partition coefficient (Wildman–Crippen LogP) is 5.83. The number of nitrogens with one attached hydrogen (secondary N) is 1. The van der Waals surface area contributed by atoms with Crippen LogP contribution in [0.15, 0.2) is 54.6 Å². The number of phenolic OH excluding ortho intramolecular Hbond substituents is 1. The van der Waals surface area contributed by atoms with Crippen LogP contribution in [-0.2, 0) is 0 Å². The zero-order chi connectivity index (χ0) is 27.9. The van der Waals surface area contributed by atoms with E-state index in [9.17, 15) is 18.7 Å². The lowest BCUT2D eigenvalue weighted by atomic mass is 9.58. The SMILES string of the molecule is [B]C([B])(CCF)N1CC(Nc2ccc(Oc3c(C(=O)c4c(C)cc(F)cc4C)sc4cc(O)ccc34)cc2)C1. The lowest BCUT2D eigenvalue weighted by Gasteiger charge is -2.50. The second-order valence-corrected chi connectivity index (χ2v) is 11.0. The van der Waals surface area contributed by atoms with Crippen molar-refractivity contribution >= 4 is 48.6 Å². The van der Waals surface area contributed by atoms with Crippen molar-refractivity contribution < 1.29 is 23.4 Å². The van der Waals surface area contributed by atoms with Crippen LogP contribution in [0, 0.1) is 19.7 Å². The van der Waals surface area contributed by atoms with E-state index in [4.69, 9.17) is 20.4 Å². The number of anilines is 1. The maximum atomic E-state index is 13.9. The first-order valence-corrected chi connectivity index (χ1v) is 13.4. The van der Waals surface area contributed by atoms with E-state index >= 15 is 0 Å². The van der Waals surface area contributed by atoms with Crippen LogP contribution in [0.4, 0.5) is 14.5 Å². The van der Waals surface area contributed by atoms with Gasteiger partial charge >= 0.3 is 0 Å². The van der Waals surface area contributed by atoms with Gasteiger partial charge in [0.05, 0.1) is 28.4 Å². The van der Waals surface area contributed by atoms with Crippen LogP contribution in [-0.4, -0.2) is 62.6 Å². The number of ether oxygens (including phenoxy) is 1. The molecule has 1 aromatic heterocycles. The lowest BCUT2D eigenvalue weighted by molar-refractivity contribution is 0.103. The van der Waals surface area contributed by atoms with Gasteiger partial charge in [-0.25, -0.2) is 4.39 Å². The number of hydrogen-bond donors (Lipinski definition) is 2. The smallest absolute Gasteiger partial charge is 0.207 e. The summed E-state index contributed by atoms with van der Waals surface area (Å²) < 4.78 is 33.5. The standard InChI is InChI=1S/C29H26B2F2N2O3S/c1-16-11-18(33)12-17(2)25(16)26(37)28-27(23-8-5-21(36)13-24(23)39-28)38-22-6-3-19(4-7-22)34-20-14-35(15-20)29(30,31)9-10-32/h3-8,11-13,20,34,36H,9-10,14-15H2,1-2H3. The molecule has 2 heterocycles. The summed E-state index contributed by atoms with van der Waals surface area (Å²) in [5.74, 6) is 0.328. The maximum Gasteiger partial charge on any atom is 0.207 e. The normalized spacial score (nSPS) is 14.4. The number of aryl methyl sites for hydroxylation is 2. The Labute approximate surface area is 232 Å². The Kier molecular flexibility index (Phi) is 7.44. The van der Waals surface area contributed by atoms with Crippen molar-refractivity contribution in [2.45, 2.75) is 31.6 Å². The average Bonchev–Trinajstić information content (AvgIpc) is 3.18. The van der Waals surface area contributed by atoms with Crippen molar-refractivity contribution in [2.75, 3.05) is 25.1 Å². The minimum atomic E-state index is -1.15.